The molecular weight excluding hydrogens is 336 g/mol. The Balaban J connectivity index is 1.57. The van der Waals surface area contributed by atoms with Crippen LogP contribution in [0.2, 0.25) is 0 Å². The first-order valence-electron chi connectivity index (χ1n) is 9.71. The molecule has 3 rings (SSSR count). The Morgan fingerprint density at radius 1 is 1.19 bits per heavy atom. The maximum Gasteiger partial charge on any atom is 0.227 e. The third-order valence-electron chi connectivity index (χ3n) is 5.46. The topological polar surface area (TPSA) is 32.8 Å². The highest BCUT2D eigenvalue weighted by atomic mass is 16.5. The number of hydrogen-bond donors (Lipinski definition) is 0. The van der Waals surface area contributed by atoms with Crippen molar-refractivity contribution >= 4 is 5.91 Å². The molecule has 0 aromatic heterocycles. The minimum absolute atomic E-state index is 0.0889. The van der Waals surface area contributed by atoms with E-state index in [2.05, 4.69) is 36.1 Å². The molecule has 1 heterocycles. The van der Waals surface area contributed by atoms with E-state index in [1.165, 1.54) is 11.1 Å². The molecule has 1 atom stereocenters. The van der Waals surface area contributed by atoms with Gasteiger partial charge in [0.1, 0.15) is 5.75 Å². The molecule has 1 aliphatic rings. The fraction of sp³-hybridized carbons (Fsp3) is 0.435. The summed E-state index contributed by atoms with van der Waals surface area (Å²) in [5.74, 6) is 1.18. The van der Waals surface area contributed by atoms with Crippen LogP contribution in [0, 0.1) is 12.8 Å². The molecule has 0 saturated carbocycles. The SMILES string of the molecule is COc1ccc(CN(C)C(=O)C2CCCN(Cc3ccccc3C)C2)cc1. The predicted molar refractivity (Wildman–Crippen MR) is 109 cm³/mol. The third-order valence-corrected chi connectivity index (χ3v) is 5.46. The second-order valence-electron chi connectivity index (χ2n) is 7.54. The van der Waals surface area contributed by atoms with E-state index in [9.17, 15) is 4.79 Å². The van der Waals surface area contributed by atoms with Crippen molar-refractivity contribution in [3.8, 4) is 5.75 Å². The first kappa shape index (κ1) is 19.4. The van der Waals surface area contributed by atoms with Crippen LogP contribution in [0.3, 0.4) is 0 Å². The molecule has 2 aromatic carbocycles. The average Bonchev–Trinajstić information content (AvgIpc) is 2.70. The van der Waals surface area contributed by atoms with Gasteiger partial charge in [-0.1, -0.05) is 36.4 Å². The molecule has 0 bridgehead atoms. The molecule has 0 radical (unpaired) electrons. The zero-order valence-electron chi connectivity index (χ0n) is 16.6. The summed E-state index contributed by atoms with van der Waals surface area (Å²) in [6.45, 7) is 5.64. The van der Waals surface area contributed by atoms with E-state index in [-0.39, 0.29) is 11.8 Å². The molecule has 1 fully saturated rings. The van der Waals surface area contributed by atoms with Crippen LogP contribution in [-0.2, 0) is 17.9 Å². The van der Waals surface area contributed by atoms with Gasteiger partial charge in [-0.3, -0.25) is 9.69 Å². The van der Waals surface area contributed by atoms with Crippen LogP contribution in [0.5, 0.6) is 5.75 Å². The quantitative estimate of drug-likeness (QED) is 0.778. The number of carbonyl (C=O) groups excluding carboxylic acids is 1. The fourth-order valence-electron chi connectivity index (χ4n) is 3.82. The van der Waals surface area contributed by atoms with Crippen LogP contribution in [0.25, 0.3) is 0 Å². The maximum absolute atomic E-state index is 13.0. The molecule has 144 valence electrons. The number of ether oxygens (including phenoxy) is 1. The zero-order valence-corrected chi connectivity index (χ0v) is 16.6. The Kier molecular flexibility index (Phi) is 6.51. The Morgan fingerprint density at radius 2 is 1.93 bits per heavy atom. The van der Waals surface area contributed by atoms with Crippen molar-refractivity contribution in [2.45, 2.75) is 32.9 Å². The first-order valence-corrected chi connectivity index (χ1v) is 9.71. The van der Waals surface area contributed by atoms with Crippen LogP contribution >= 0.6 is 0 Å². The predicted octanol–water partition coefficient (Wildman–Crippen LogP) is 3.87. The van der Waals surface area contributed by atoms with Gasteiger partial charge in [-0.05, 0) is 55.1 Å². The van der Waals surface area contributed by atoms with Crippen molar-refractivity contribution in [2.75, 3.05) is 27.2 Å². The molecule has 1 aliphatic heterocycles. The van der Waals surface area contributed by atoms with Crippen molar-refractivity contribution in [2.24, 2.45) is 5.92 Å². The lowest BCUT2D eigenvalue weighted by atomic mass is 9.95. The van der Waals surface area contributed by atoms with E-state index in [1.54, 1.807) is 7.11 Å². The van der Waals surface area contributed by atoms with Crippen LogP contribution in [0.15, 0.2) is 48.5 Å². The number of nitrogens with zero attached hydrogens (tertiary/aromatic N) is 2. The van der Waals surface area contributed by atoms with Gasteiger partial charge in [0.25, 0.3) is 0 Å². The van der Waals surface area contributed by atoms with Gasteiger partial charge in [0, 0.05) is 26.7 Å². The van der Waals surface area contributed by atoms with Gasteiger partial charge in [-0.15, -0.1) is 0 Å². The molecule has 0 spiro atoms. The summed E-state index contributed by atoms with van der Waals surface area (Å²) < 4.78 is 5.20. The van der Waals surface area contributed by atoms with Crippen molar-refractivity contribution < 1.29 is 9.53 Å². The van der Waals surface area contributed by atoms with Gasteiger partial charge >= 0.3 is 0 Å². The maximum atomic E-state index is 13.0. The number of methoxy groups -OCH3 is 1. The average molecular weight is 367 g/mol. The monoisotopic (exact) mass is 366 g/mol. The van der Waals surface area contributed by atoms with Crippen LogP contribution in [0.4, 0.5) is 0 Å². The van der Waals surface area contributed by atoms with Crippen molar-refractivity contribution in [3.63, 3.8) is 0 Å². The number of benzene rings is 2. The summed E-state index contributed by atoms with van der Waals surface area (Å²) in [6, 6.07) is 16.5. The largest absolute Gasteiger partial charge is 0.497 e. The standard InChI is InChI=1S/C23H30N2O2/c1-18-7-4-5-8-20(18)16-25-14-6-9-21(17-25)23(26)24(2)15-19-10-12-22(27-3)13-11-19/h4-5,7-8,10-13,21H,6,9,14-17H2,1-3H3. The van der Waals surface area contributed by atoms with E-state index in [4.69, 9.17) is 4.74 Å². The zero-order chi connectivity index (χ0) is 19.2. The van der Waals surface area contributed by atoms with E-state index in [1.807, 2.05) is 36.2 Å². The van der Waals surface area contributed by atoms with Crippen LogP contribution in [-0.4, -0.2) is 43.0 Å². The highest BCUT2D eigenvalue weighted by molar-refractivity contribution is 5.79. The van der Waals surface area contributed by atoms with Crippen LogP contribution < -0.4 is 4.74 Å². The molecule has 1 unspecified atom stereocenters. The van der Waals surface area contributed by atoms with E-state index in [0.717, 1.165) is 43.8 Å². The molecule has 0 aliphatic carbocycles. The molecule has 1 amide bonds. The van der Waals surface area contributed by atoms with Gasteiger partial charge < -0.3 is 9.64 Å². The Bertz CT molecular complexity index is 757. The molecular formula is C23H30N2O2. The minimum Gasteiger partial charge on any atom is -0.497 e. The highest BCUT2D eigenvalue weighted by Gasteiger charge is 2.28. The van der Waals surface area contributed by atoms with Gasteiger partial charge in [-0.2, -0.15) is 0 Å². The summed E-state index contributed by atoms with van der Waals surface area (Å²) >= 11 is 0. The highest BCUT2D eigenvalue weighted by Crippen LogP contribution is 2.22. The summed E-state index contributed by atoms with van der Waals surface area (Å²) in [5.41, 5.74) is 3.80. The summed E-state index contributed by atoms with van der Waals surface area (Å²) in [4.78, 5) is 17.3. The number of hydrogen-bond acceptors (Lipinski definition) is 3. The molecule has 1 saturated heterocycles. The van der Waals surface area contributed by atoms with E-state index in [0.29, 0.717) is 6.54 Å². The number of piperidine rings is 1. The lowest BCUT2D eigenvalue weighted by Gasteiger charge is -2.34. The Labute approximate surface area is 162 Å². The molecule has 0 N–H and O–H groups in total. The molecule has 4 heteroatoms. The van der Waals surface area contributed by atoms with Gasteiger partial charge in [0.2, 0.25) is 5.91 Å². The lowest BCUT2D eigenvalue weighted by molar-refractivity contribution is -0.136. The molecule has 2 aromatic rings. The third kappa shape index (κ3) is 5.10. The number of rotatable bonds is 6. The number of amides is 1. The Morgan fingerprint density at radius 3 is 2.63 bits per heavy atom. The minimum atomic E-state index is 0.0889. The fourth-order valence-corrected chi connectivity index (χ4v) is 3.82. The van der Waals surface area contributed by atoms with Gasteiger partial charge in [0.15, 0.2) is 0 Å². The van der Waals surface area contributed by atoms with Gasteiger partial charge in [-0.25, -0.2) is 0 Å². The second kappa shape index (κ2) is 9.05. The van der Waals surface area contributed by atoms with E-state index >= 15 is 0 Å². The van der Waals surface area contributed by atoms with Crippen molar-refractivity contribution in [3.05, 3.63) is 65.2 Å². The normalized spacial score (nSPS) is 17.5. The lowest BCUT2D eigenvalue weighted by Crippen LogP contribution is -2.43. The number of aryl methyl sites for hydroxylation is 1. The summed E-state index contributed by atoms with van der Waals surface area (Å²) in [6.07, 6.45) is 2.06. The smallest absolute Gasteiger partial charge is 0.227 e. The van der Waals surface area contributed by atoms with E-state index < -0.39 is 0 Å². The number of likely N-dealkylation sites (tertiary alicyclic amines) is 1. The van der Waals surface area contributed by atoms with Crippen molar-refractivity contribution in [1.29, 1.82) is 0 Å². The number of carbonyl (C=O) groups is 1. The summed E-state index contributed by atoms with van der Waals surface area (Å²) in [7, 11) is 3.57. The summed E-state index contributed by atoms with van der Waals surface area (Å²) in [5, 5.41) is 0. The molecule has 27 heavy (non-hydrogen) atoms. The first-order chi connectivity index (χ1) is 13.1. The van der Waals surface area contributed by atoms with Crippen LogP contribution in [0.1, 0.15) is 29.5 Å². The molecule has 4 nitrogen and oxygen atoms in total. The Hall–Kier alpha value is -2.33. The van der Waals surface area contributed by atoms with Gasteiger partial charge in [0.05, 0.1) is 13.0 Å². The van der Waals surface area contributed by atoms with Crippen molar-refractivity contribution in [1.82, 2.24) is 9.80 Å². The second-order valence-corrected chi connectivity index (χ2v) is 7.54.